The zero-order valence-electron chi connectivity index (χ0n) is 11.3. The number of nitrogens with two attached hydrogens (primary N) is 1. The Morgan fingerprint density at radius 3 is 2.53 bits per heavy atom. The van der Waals surface area contributed by atoms with E-state index >= 15 is 0 Å². The van der Waals surface area contributed by atoms with Gasteiger partial charge >= 0.3 is 0 Å². The first-order valence-corrected chi connectivity index (χ1v) is 6.76. The van der Waals surface area contributed by atoms with Crippen LogP contribution in [0.2, 0.25) is 0 Å². The van der Waals surface area contributed by atoms with E-state index in [9.17, 15) is 8.78 Å². The summed E-state index contributed by atoms with van der Waals surface area (Å²) in [5.41, 5.74) is 2.19. The molecule has 0 amide bonds. The Morgan fingerprint density at radius 2 is 2.00 bits per heavy atom. The van der Waals surface area contributed by atoms with Crippen LogP contribution in [0.15, 0.2) is 16.6 Å². The molecular formula is C13H19BrF2N2O. The quantitative estimate of drug-likeness (QED) is 0.493. The van der Waals surface area contributed by atoms with E-state index in [1.807, 2.05) is 20.8 Å². The van der Waals surface area contributed by atoms with Gasteiger partial charge in [-0.25, -0.2) is 8.78 Å². The Hall–Kier alpha value is -0.560. The van der Waals surface area contributed by atoms with Crippen molar-refractivity contribution < 1.29 is 13.5 Å². The van der Waals surface area contributed by atoms with Crippen molar-refractivity contribution in [2.75, 3.05) is 6.61 Å². The Bertz CT molecular complexity index is 435. The fourth-order valence-corrected chi connectivity index (χ4v) is 1.89. The number of rotatable bonds is 5. The lowest BCUT2D eigenvalue weighted by atomic mass is 10.1. The van der Waals surface area contributed by atoms with Gasteiger partial charge in [-0.3, -0.25) is 11.3 Å². The highest BCUT2D eigenvalue weighted by atomic mass is 79.9. The van der Waals surface area contributed by atoms with Gasteiger partial charge < -0.3 is 4.74 Å². The molecule has 0 aliphatic heterocycles. The fourth-order valence-electron chi connectivity index (χ4n) is 1.52. The van der Waals surface area contributed by atoms with Crippen LogP contribution in [0.1, 0.15) is 26.3 Å². The van der Waals surface area contributed by atoms with Gasteiger partial charge in [0.25, 0.3) is 0 Å². The van der Waals surface area contributed by atoms with Gasteiger partial charge in [-0.15, -0.1) is 0 Å². The fraction of sp³-hybridized carbons (Fsp3) is 0.538. The third-order valence-electron chi connectivity index (χ3n) is 2.54. The molecule has 1 unspecified atom stereocenters. The largest absolute Gasteiger partial charge is 0.374 e. The Kier molecular flexibility index (Phi) is 5.85. The Labute approximate surface area is 120 Å². The van der Waals surface area contributed by atoms with Gasteiger partial charge in [0.1, 0.15) is 11.6 Å². The second-order valence-corrected chi connectivity index (χ2v) is 6.17. The van der Waals surface area contributed by atoms with Crippen molar-refractivity contribution in [2.24, 2.45) is 5.84 Å². The van der Waals surface area contributed by atoms with Gasteiger partial charge in [0.05, 0.1) is 16.7 Å². The summed E-state index contributed by atoms with van der Waals surface area (Å²) in [5, 5.41) is 0. The molecule has 19 heavy (non-hydrogen) atoms. The van der Waals surface area contributed by atoms with Crippen LogP contribution in [-0.4, -0.2) is 18.2 Å². The molecule has 0 saturated heterocycles. The molecule has 0 fully saturated rings. The first-order chi connectivity index (χ1) is 8.74. The SMILES string of the molecule is CC(C)(C)OCC(Cc1c(F)ccc(Br)c1F)NN. The summed E-state index contributed by atoms with van der Waals surface area (Å²) < 4.78 is 33.3. The van der Waals surface area contributed by atoms with Crippen LogP contribution >= 0.6 is 15.9 Å². The molecule has 6 heteroatoms. The van der Waals surface area contributed by atoms with E-state index < -0.39 is 11.6 Å². The van der Waals surface area contributed by atoms with E-state index in [1.165, 1.54) is 12.1 Å². The highest BCUT2D eigenvalue weighted by Crippen LogP contribution is 2.23. The molecule has 0 heterocycles. The molecule has 3 N–H and O–H groups in total. The zero-order chi connectivity index (χ0) is 14.6. The van der Waals surface area contributed by atoms with Crippen molar-refractivity contribution in [3.63, 3.8) is 0 Å². The minimum Gasteiger partial charge on any atom is -0.374 e. The normalized spacial score (nSPS) is 13.6. The third kappa shape index (κ3) is 5.14. The molecule has 0 spiro atoms. The van der Waals surface area contributed by atoms with Gasteiger partial charge in [-0.1, -0.05) is 0 Å². The van der Waals surface area contributed by atoms with Crippen molar-refractivity contribution in [1.82, 2.24) is 5.43 Å². The van der Waals surface area contributed by atoms with Crippen molar-refractivity contribution in [2.45, 2.75) is 38.8 Å². The monoisotopic (exact) mass is 336 g/mol. The molecular weight excluding hydrogens is 318 g/mol. The number of nitrogens with one attached hydrogen (secondary N) is 1. The summed E-state index contributed by atoms with van der Waals surface area (Å²) in [6.07, 6.45) is 0.115. The van der Waals surface area contributed by atoms with E-state index in [-0.39, 0.29) is 34.7 Å². The molecule has 0 saturated carbocycles. The number of hydrogen-bond acceptors (Lipinski definition) is 3. The van der Waals surface area contributed by atoms with Crippen LogP contribution < -0.4 is 11.3 Å². The van der Waals surface area contributed by atoms with Gasteiger partial charge in [0, 0.05) is 11.6 Å². The van der Waals surface area contributed by atoms with Crippen molar-refractivity contribution in [3.8, 4) is 0 Å². The Morgan fingerprint density at radius 1 is 1.37 bits per heavy atom. The summed E-state index contributed by atoms with van der Waals surface area (Å²) in [6, 6.07) is 2.20. The lowest BCUT2D eigenvalue weighted by molar-refractivity contribution is -0.0145. The van der Waals surface area contributed by atoms with Crippen LogP contribution in [0.3, 0.4) is 0 Å². The van der Waals surface area contributed by atoms with E-state index in [0.717, 1.165) is 0 Å². The van der Waals surface area contributed by atoms with Gasteiger partial charge in [-0.05, 0) is 55.3 Å². The van der Waals surface area contributed by atoms with Gasteiger partial charge in [0.15, 0.2) is 0 Å². The number of benzene rings is 1. The summed E-state index contributed by atoms with van der Waals surface area (Å²) in [7, 11) is 0. The highest BCUT2D eigenvalue weighted by Gasteiger charge is 2.19. The molecule has 108 valence electrons. The van der Waals surface area contributed by atoms with Crippen LogP contribution in [0.5, 0.6) is 0 Å². The number of hydrogen-bond donors (Lipinski definition) is 2. The molecule has 1 rings (SSSR count). The topological polar surface area (TPSA) is 47.3 Å². The summed E-state index contributed by atoms with van der Waals surface area (Å²) in [5.74, 6) is 4.21. The van der Waals surface area contributed by atoms with Crippen molar-refractivity contribution in [3.05, 3.63) is 33.8 Å². The summed E-state index contributed by atoms with van der Waals surface area (Å²) in [6.45, 7) is 5.98. The smallest absolute Gasteiger partial charge is 0.143 e. The number of hydrazine groups is 1. The Balaban J connectivity index is 2.79. The van der Waals surface area contributed by atoms with E-state index in [0.29, 0.717) is 0 Å². The van der Waals surface area contributed by atoms with Crippen LogP contribution in [0.25, 0.3) is 0 Å². The average Bonchev–Trinajstić information content (AvgIpc) is 2.32. The molecule has 3 nitrogen and oxygen atoms in total. The van der Waals surface area contributed by atoms with E-state index in [4.69, 9.17) is 10.6 Å². The molecule has 0 aliphatic rings. The van der Waals surface area contributed by atoms with Gasteiger partial charge in [0.2, 0.25) is 0 Å². The number of halogens is 3. The maximum absolute atomic E-state index is 13.8. The molecule has 1 aromatic rings. The predicted molar refractivity (Wildman–Crippen MR) is 74.6 cm³/mol. The highest BCUT2D eigenvalue weighted by molar-refractivity contribution is 9.10. The first-order valence-electron chi connectivity index (χ1n) is 5.97. The number of ether oxygens (including phenoxy) is 1. The second kappa shape index (κ2) is 6.74. The minimum absolute atomic E-state index is 0.00478. The van der Waals surface area contributed by atoms with Crippen molar-refractivity contribution >= 4 is 15.9 Å². The minimum atomic E-state index is -0.601. The molecule has 0 aromatic heterocycles. The van der Waals surface area contributed by atoms with Crippen molar-refractivity contribution in [1.29, 1.82) is 0 Å². The lowest BCUT2D eigenvalue weighted by Gasteiger charge is -2.24. The molecule has 1 aromatic carbocycles. The maximum atomic E-state index is 13.8. The first kappa shape index (κ1) is 16.5. The predicted octanol–water partition coefficient (Wildman–Crippen LogP) is 2.92. The zero-order valence-corrected chi connectivity index (χ0v) is 12.9. The van der Waals surface area contributed by atoms with E-state index in [2.05, 4.69) is 21.4 Å². The van der Waals surface area contributed by atoms with Crippen LogP contribution in [-0.2, 0) is 11.2 Å². The molecule has 1 atom stereocenters. The van der Waals surface area contributed by atoms with Gasteiger partial charge in [-0.2, -0.15) is 0 Å². The van der Waals surface area contributed by atoms with Crippen LogP contribution in [0, 0.1) is 11.6 Å². The lowest BCUT2D eigenvalue weighted by Crippen LogP contribution is -2.42. The molecule has 0 bridgehead atoms. The second-order valence-electron chi connectivity index (χ2n) is 5.31. The molecule has 0 aliphatic carbocycles. The standard InChI is InChI=1S/C13H19BrF2N2O/c1-13(2,3)19-7-8(18-17)6-9-11(15)5-4-10(14)12(9)16/h4-5,8,18H,6-7,17H2,1-3H3. The van der Waals surface area contributed by atoms with E-state index in [1.54, 1.807) is 0 Å². The molecule has 0 radical (unpaired) electrons. The summed E-state index contributed by atoms with van der Waals surface area (Å²) in [4.78, 5) is 0. The summed E-state index contributed by atoms with van der Waals surface area (Å²) >= 11 is 3.04. The maximum Gasteiger partial charge on any atom is 0.143 e. The third-order valence-corrected chi connectivity index (χ3v) is 3.16. The average molecular weight is 337 g/mol. The van der Waals surface area contributed by atoms with Crippen LogP contribution in [0.4, 0.5) is 8.78 Å².